The van der Waals surface area contributed by atoms with Crippen LogP contribution >= 0.6 is 11.8 Å². The van der Waals surface area contributed by atoms with Crippen molar-refractivity contribution >= 4 is 11.8 Å². The van der Waals surface area contributed by atoms with Crippen molar-refractivity contribution in [3.05, 3.63) is 41.5 Å². The van der Waals surface area contributed by atoms with Crippen LogP contribution in [0.3, 0.4) is 0 Å². The van der Waals surface area contributed by atoms with E-state index in [2.05, 4.69) is 11.1 Å². The fourth-order valence-electron chi connectivity index (χ4n) is 1.72. The first-order chi connectivity index (χ1) is 9.26. The lowest BCUT2D eigenvalue weighted by Gasteiger charge is -2.08. The van der Waals surface area contributed by atoms with Gasteiger partial charge in [-0.1, -0.05) is 6.07 Å². The Labute approximate surface area is 114 Å². The monoisotopic (exact) mass is 265 g/mol. The summed E-state index contributed by atoms with van der Waals surface area (Å²) in [5.74, 6) is 0. The lowest BCUT2D eigenvalue weighted by Crippen LogP contribution is -2.00. The summed E-state index contributed by atoms with van der Waals surface area (Å²) in [6.07, 6.45) is 3.26. The van der Waals surface area contributed by atoms with E-state index in [0.717, 1.165) is 4.90 Å². The second kappa shape index (κ2) is 5.27. The molecule has 0 saturated carbocycles. The molecule has 1 aromatic carbocycles. The van der Waals surface area contributed by atoms with E-state index in [1.165, 1.54) is 22.7 Å². The molecule has 0 radical (unpaired) electrons. The van der Waals surface area contributed by atoms with Crippen LogP contribution < -0.4 is 0 Å². The summed E-state index contributed by atoms with van der Waals surface area (Å²) >= 11 is 1.45. The zero-order valence-corrected chi connectivity index (χ0v) is 10.8. The number of hydrogen-bond acceptors (Lipinski definition) is 5. The van der Waals surface area contributed by atoms with Gasteiger partial charge in [0.1, 0.15) is 24.5 Å². The van der Waals surface area contributed by atoms with Crippen molar-refractivity contribution < 1.29 is 0 Å². The molecular formula is C13H7N5S. The lowest BCUT2D eigenvalue weighted by molar-refractivity contribution is 1.02. The van der Waals surface area contributed by atoms with Gasteiger partial charge in [0, 0.05) is 4.90 Å². The van der Waals surface area contributed by atoms with E-state index in [1.807, 2.05) is 24.5 Å². The van der Waals surface area contributed by atoms with Gasteiger partial charge >= 0.3 is 0 Å². The fourth-order valence-corrected chi connectivity index (χ4v) is 2.29. The zero-order valence-electron chi connectivity index (χ0n) is 9.95. The van der Waals surface area contributed by atoms with Crippen LogP contribution in [0.1, 0.15) is 17.0 Å². The summed E-state index contributed by atoms with van der Waals surface area (Å²) in [7, 11) is 0. The topological polar surface area (TPSA) is 89.2 Å². The Hall–Kier alpha value is -2.75. The van der Waals surface area contributed by atoms with Gasteiger partial charge in [-0.05, 0) is 18.4 Å². The molecule has 0 saturated heterocycles. The molecule has 1 heterocycles. The van der Waals surface area contributed by atoms with E-state index < -0.39 is 0 Å². The minimum Gasteiger partial charge on any atom is -0.288 e. The van der Waals surface area contributed by atoms with Gasteiger partial charge in [-0.2, -0.15) is 15.8 Å². The molecule has 0 aliphatic heterocycles. The summed E-state index contributed by atoms with van der Waals surface area (Å²) in [6, 6.07) is 11.3. The number of rotatable bonds is 2. The molecule has 6 heteroatoms. The minimum absolute atomic E-state index is 0.0564. The molecule has 0 aliphatic carbocycles. The Morgan fingerprint density at radius 3 is 2.53 bits per heavy atom. The number of aromatic nitrogens is 2. The molecule has 0 fully saturated rings. The molecule has 0 spiro atoms. The highest BCUT2D eigenvalue weighted by molar-refractivity contribution is 7.98. The predicted molar refractivity (Wildman–Crippen MR) is 69.5 cm³/mol. The standard InChI is InChI=1S/C13H7N5S/c1-19-13-4-2-3-11(9(13)5-14)18-8-17-10(6-15)12(18)7-16/h2-4,8H,1H3. The lowest BCUT2D eigenvalue weighted by atomic mass is 10.2. The number of benzene rings is 1. The third-order valence-corrected chi connectivity index (χ3v) is 3.35. The fraction of sp³-hybridized carbons (Fsp3) is 0.0769. The van der Waals surface area contributed by atoms with Gasteiger partial charge in [0.05, 0.1) is 11.3 Å². The van der Waals surface area contributed by atoms with Crippen LogP contribution in [-0.2, 0) is 0 Å². The smallest absolute Gasteiger partial charge is 0.177 e. The number of thioether (sulfide) groups is 1. The average molecular weight is 265 g/mol. The highest BCUT2D eigenvalue weighted by atomic mass is 32.2. The quantitative estimate of drug-likeness (QED) is 0.776. The number of nitriles is 3. The maximum absolute atomic E-state index is 9.27. The van der Waals surface area contributed by atoms with Crippen LogP contribution in [0.4, 0.5) is 0 Å². The van der Waals surface area contributed by atoms with Crippen molar-refractivity contribution in [1.82, 2.24) is 9.55 Å². The SMILES string of the molecule is CSc1cccc(-n2cnc(C#N)c2C#N)c1C#N. The predicted octanol–water partition coefficient (Wildman–Crippen LogP) is 2.21. The Morgan fingerprint density at radius 2 is 1.95 bits per heavy atom. The molecule has 0 amide bonds. The van der Waals surface area contributed by atoms with Crippen molar-refractivity contribution in [1.29, 1.82) is 15.8 Å². The zero-order chi connectivity index (χ0) is 13.8. The van der Waals surface area contributed by atoms with Crippen molar-refractivity contribution in [2.24, 2.45) is 0 Å². The maximum atomic E-state index is 9.27. The molecule has 90 valence electrons. The molecule has 2 aromatic rings. The van der Waals surface area contributed by atoms with E-state index >= 15 is 0 Å². The molecule has 19 heavy (non-hydrogen) atoms. The van der Waals surface area contributed by atoms with Gasteiger partial charge in [-0.3, -0.25) is 4.57 Å². The van der Waals surface area contributed by atoms with Crippen LogP contribution in [0.15, 0.2) is 29.4 Å². The molecule has 1 aromatic heterocycles. The second-order valence-corrected chi connectivity index (χ2v) is 4.35. The third-order valence-electron chi connectivity index (χ3n) is 2.57. The molecular weight excluding hydrogens is 258 g/mol. The van der Waals surface area contributed by atoms with Crippen LogP contribution in [0.2, 0.25) is 0 Å². The summed E-state index contributed by atoms with van der Waals surface area (Å²) < 4.78 is 1.47. The first kappa shape index (κ1) is 12.7. The minimum atomic E-state index is 0.0564. The van der Waals surface area contributed by atoms with Crippen molar-refractivity contribution in [3.63, 3.8) is 0 Å². The van der Waals surface area contributed by atoms with Gasteiger partial charge < -0.3 is 0 Å². The van der Waals surface area contributed by atoms with Gasteiger partial charge in [-0.15, -0.1) is 11.8 Å². The van der Waals surface area contributed by atoms with Gasteiger partial charge in [-0.25, -0.2) is 4.98 Å². The summed E-state index contributed by atoms with van der Waals surface area (Å²) in [6.45, 7) is 0. The second-order valence-electron chi connectivity index (χ2n) is 3.50. The Kier molecular flexibility index (Phi) is 3.52. The van der Waals surface area contributed by atoms with E-state index in [1.54, 1.807) is 12.1 Å². The summed E-state index contributed by atoms with van der Waals surface area (Å²) in [5.41, 5.74) is 1.21. The van der Waals surface area contributed by atoms with Gasteiger partial charge in [0.15, 0.2) is 11.4 Å². The number of imidazole rings is 1. The maximum Gasteiger partial charge on any atom is 0.177 e. The molecule has 0 unspecified atom stereocenters. The largest absolute Gasteiger partial charge is 0.288 e. The van der Waals surface area contributed by atoms with Crippen LogP contribution in [0.5, 0.6) is 0 Å². The van der Waals surface area contributed by atoms with Crippen LogP contribution in [0, 0.1) is 34.0 Å². The third kappa shape index (κ3) is 2.04. The van der Waals surface area contributed by atoms with E-state index in [9.17, 15) is 5.26 Å². The van der Waals surface area contributed by atoms with Crippen molar-refractivity contribution in [3.8, 4) is 23.9 Å². The summed E-state index contributed by atoms with van der Waals surface area (Å²) in [5, 5.41) is 27.3. The number of hydrogen-bond donors (Lipinski definition) is 0. The normalized spacial score (nSPS) is 9.37. The Morgan fingerprint density at radius 1 is 1.16 bits per heavy atom. The van der Waals surface area contributed by atoms with Gasteiger partial charge in [0.25, 0.3) is 0 Å². The first-order valence-corrected chi connectivity index (χ1v) is 6.44. The molecule has 2 rings (SSSR count). The van der Waals surface area contributed by atoms with Crippen molar-refractivity contribution in [2.45, 2.75) is 4.90 Å². The highest BCUT2D eigenvalue weighted by Gasteiger charge is 2.15. The van der Waals surface area contributed by atoms with E-state index in [4.69, 9.17) is 10.5 Å². The van der Waals surface area contributed by atoms with Crippen molar-refractivity contribution in [2.75, 3.05) is 6.26 Å². The van der Waals surface area contributed by atoms with E-state index in [0.29, 0.717) is 11.3 Å². The molecule has 0 N–H and O–H groups in total. The number of nitrogens with zero attached hydrogens (tertiary/aromatic N) is 5. The van der Waals surface area contributed by atoms with Crippen LogP contribution in [-0.4, -0.2) is 15.8 Å². The molecule has 0 bridgehead atoms. The Balaban J connectivity index is 2.75. The Bertz CT molecular complexity index is 755. The molecule has 5 nitrogen and oxygen atoms in total. The van der Waals surface area contributed by atoms with Crippen LogP contribution in [0.25, 0.3) is 5.69 Å². The molecule has 0 atom stereocenters. The first-order valence-electron chi connectivity index (χ1n) is 5.21. The highest BCUT2D eigenvalue weighted by Crippen LogP contribution is 2.26. The van der Waals surface area contributed by atoms with Gasteiger partial charge in [0.2, 0.25) is 0 Å². The molecule has 0 aliphatic rings. The summed E-state index contributed by atoms with van der Waals surface area (Å²) in [4.78, 5) is 4.69. The average Bonchev–Trinajstić information content (AvgIpc) is 2.88. The van der Waals surface area contributed by atoms with E-state index in [-0.39, 0.29) is 11.4 Å².